The Morgan fingerprint density at radius 3 is 2.68 bits per heavy atom. The maximum Gasteiger partial charge on any atom is 0.471 e. The molecule has 0 spiro atoms. The molecule has 3 aromatic rings. The van der Waals surface area contributed by atoms with Crippen LogP contribution in [0, 0.1) is 0 Å². The van der Waals surface area contributed by atoms with Gasteiger partial charge < -0.3 is 9.42 Å². The Kier molecular flexibility index (Phi) is 3.94. The van der Waals surface area contributed by atoms with Crippen molar-refractivity contribution in [2.75, 3.05) is 14.1 Å². The van der Waals surface area contributed by atoms with Crippen LogP contribution >= 0.6 is 0 Å². The first-order chi connectivity index (χ1) is 11.8. The molecule has 3 aromatic heterocycles. The molecule has 0 N–H and O–H groups in total. The van der Waals surface area contributed by atoms with E-state index in [9.17, 15) is 18.0 Å². The Balaban J connectivity index is 1.92. The van der Waals surface area contributed by atoms with E-state index < -0.39 is 18.1 Å². The predicted molar refractivity (Wildman–Crippen MR) is 76.0 cm³/mol. The average molecular weight is 353 g/mol. The van der Waals surface area contributed by atoms with Crippen LogP contribution in [0.3, 0.4) is 0 Å². The van der Waals surface area contributed by atoms with E-state index in [1.54, 1.807) is 14.1 Å². The largest absolute Gasteiger partial charge is 0.471 e. The van der Waals surface area contributed by atoms with E-state index >= 15 is 0 Å². The van der Waals surface area contributed by atoms with Gasteiger partial charge in [-0.3, -0.25) is 4.98 Å². The molecule has 0 saturated carbocycles. The molecule has 0 radical (unpaired) electrons. The van der Waals surface area contributed by atoms with E-state index in [2.05, 4.69) is 29.8 Å². The number of amides is 1. The molecule has 0 saturated heterocycles. The number of halogens is 3. The third kappa shape index (κ3) is 3.32. The Morgan fingerprint density at radius 2 is 2.04 bits per heavy atom. The first-order valence-corrected chi connectivity index (χ1v) is 6.77. The van der Waals surface area contributed by atoms with Crippen LogP contribution in [0.1, 0.15) is 5.89 Å². The summed E-state index contributed by atoms with van der Waals surface area (Å²) in [6.45, 7) is 0. The van der Waals surface area contributed by atoms with E-state index in [0.717, 1.165) is 4.80 Å². The molecule has 9 nitrogen and oxygen atoms in total. The number of carbonyl (C=O) groups excluding carboxylic acids is 1. The summed E-state index contributed by atoms with van der Waals surface area (Å²) in [6.07, 6.45) is -2.07. The van der Waals surface area contributed by atoms with Crippen LogP contribution in [0.4, 0.5) is 18.0 Å². The van der Waals surface area contributed by atoms with Gasteiger partial charge >= 0.3 is 18.1 Å². The number of rotatable bonds is 2. The summed E-state index contributed by atoms with van der Waals surface area (Å²) in [5.41, 5.74) is 0.794. The van der Waals surface area contributed by atoms with Gasteiger partial charge in [0.05, 0.1) is 11.9 Å². The fourth-order valence-corrected chi connectivity index (χ4v) is 1.82. The third-order valence-electron chi connectivity index (χ3n) is 2.99. The molecule has 3 heterocycles. The number of alkyl halides is 3. The lowest BCUT2D eigenvalue weighted by Gasteiger charge is -2.07. The average Bonchev–Trinajstić information content (AvgIpc) is 3.23. The van der Waals surface area contributed by atoms with E-state index in [1.165, 1.54) is 29.4 Å². The zero-order valence-electron chi connectivity index (χ0n) is 12.9. The third-order valence-corrected chi connectivity index (χ3v) is 2.99. The Labute approximate surface area is 138 Å². The van der Waals surface area contributed by atoms with Crippen molar-refractivity contribution in [1.29, 1.82) is 0 Å². The summed E-state index contributed by atoms with van der Waals surface area (Å²) in [5.74, 6) is -1.68. The number of nitrogens with zero attached hydrogens (tertiary/aromatic N) is 7. The topological polar surface area (TPSA) is 103 Å². The quantitative estimate of drug-likeness (QED) is 0.693. The fourth-order valence-electron chi connectivity index (χ4n) is 1.82. The SMILES string of the molecule is CN(C)C(=O)n1ncc(-c2cc(-c3noc(C(F)(F)F)n3)ccn2)n1. The Morgan fingerprint density at radius 1 is 1.28 bits per heavy atom. The van der Waals surface area contributed by atoms with Gasteiger partial charge in [-0.15, -0.1) is 5.10 Å². The lowest BCUT2D eigenvalue weighted by atomic mass is 10.2. The molecule has 12 heteroatoms. The maximum atomic E-state index is 12.5. The summed E-state index contributed by atoms with van der Waals surface area (Å²) in [6, 6.07) is 2.37. The minimum atomic E-state index is -4.73. The van der Waals surface area contributed by atoms with Gasteiger partial charge in [-0.1, -0.05) is 9.95 Å². The van der Waals surface area contributed by atoms with Crippen molar-refractivity contribution < 1.29 is 22.5 Å². The lowest BCUT2D eigenvalue weighted by Crippen LogP contribution is -2.29. The molecule has 130 valence electrons. The molecule has 1 amide bonds. The molecule has 0 aromatic carbocycles. The predicted octanol–water partition coefficient (Wildman–Crippen LogP) is 1.94. The second-order valence-corrected chi connectivity index (χ2v) is 5.05. The number of pyridine rings is 1. The second kappa shape index (κ2) is 5.96. The molecular formula is C13H10F3N7O2. The Bertz CT molecular complexity index is 916. The van der Waals surface area contributed by atoms with Crippen molar-refractivity contribution in [3.05, 3.63) is 30.4 Å². The maximum absolute atomic E-state index is 12.5. The van der Waals surface area contributed by atoms with E-state index in [1.807, 2.05) is 0 Å². The highest BCUT2D eigenvalue weighted by Gasteiger charge is 2.38. The van der Waals surface area contributed by atoms with Crippen molar-refractivity contribution in [3.63, 3.8) is 0 Å². The number of hydrogen-bond donors (Lipinski definition) is 0. The molecule has 0 aliphatic carbocycles. The molecular weight excluding hydrogens is 343 g/mol. The van der Waals surface area contributed by atoms with Crippen molar-refractivity contribution in [1.82, 2.24) is 35.0 Å². The number of hydrogen-bond acceptors (Lipinski definition) is 7. The van der Waals surface area contributed by atoms with E-state index in [4.69, 9.17) is 0 Å². The highest BCUT2D eigenvalue weighted by atomic mass is 19.4. The van der Waals surface area contributed by atoms with Crippen LogP contribution < -0.4 is 0 Å². The van der Waals surface area contributed by atoms with Crippen molar-refractivity contribution in [2.45, 2.75) is 6.18 Å². The van der Waals surface area contributed by atoms with Gasteiger partial charge in [0.15, 0.2) is 0 Å². The van der Waals surface area contributed by atoms with Crippen LogP contribution in [0.5, 0.6) is 0 Å². The smallest absolute Gasteiger partial charge is 0.329 e. The first-order valence-electron chi connectivity index (χ1n) is 6.77. The monoisotopic (exact) mass is 353 g/mol. The van der Waals surface area contributed by atoms with Crippen LogP contribution in [0.2, 0.25) is 0 Å². The summed E-state index contributed by atoms with van der Waals surface area (Å²) in [5, 5.41) is 11.1. The van der Waals surface area contributed by atoms with Crippen molar-refractivity contribution in [3.8, 4) is 22.8 Å². The van der Waals surface area contributed by atoms with E-state index in [0.29, 0.717) is 0 Å². The molecule has 0 atom stereocenters. The van der Waals surface area contributed by atoms with Crippen molar-refractivity contribution >= 4 is 6.03 Å². The van der Waals surface area contributed by atoms with E-state index in [-0.39, 0.29) is 22.8 Å². The standard InChI is InChI=1S/C13H10F3N7O2/c1-22(2)12(24)23-18-6-9(20-23)8-5-7(3-4-17-8)10-19-11(25-21-10)13(14,15)16/h3-6H,1-2H3. The second-order valence-electron chi connectivity index (χ2n) is 5.05. The highest BCUT2D eigenvalue weighted by Crippen LogP contribution is 2.29. The molecule has 0 unspecified atom stereocenters. The van der Waals surface area contributed by atoms with Gasteiger partial charge in [0, 0.05) is 25.9 Å². The summed E-state index contributed by atoms with van der Waals surface area (Å²) in [4.78, 5) is 21.3. The first kappa shape index (κ1) is 16.5. The highest BCUT2D eigenvalue weighted by molar-refractivity contribution is 5.75. The van der Waals surface area contributed by atoms with Crippen LogP contribution in [-0.4, -0.2) is 55.1 Å². The summed E-state index contributed by atoms with van der Waals surface area (Å²) < 4.78 is 41.8. The molecule has 3 rings (SSSR count). The zero-order valence-corrected chi connectivity index (χ0v) is 12.9. The van der Waals surface area contributed by atoms with Crippen LogP contribution in [0.15, 0.2) is 29.0 Å². The van der Waals surface area contributed by atoms with Crippen LogP contribution in [0.25, 0.3) is 22.8 Å². The van der Waals surface area contributed by atoms with Gasteiger partial charge in [-0.05, 0) is 12.1 Å². The van der Waals surface area contributed by atoms with Crippen LogP contribution in [-0.2, 0) is 6.18 Å². The Hall–Kier alpha value is -3.31. The normalized spacial score (nSPS) is 11.6. The zero-order chi connectivity index (χ0) is 18.2. The molecule has 25 heavy (non-hydrogen) atoms. The number of aromatic nitrogens is 6. The minimum Gasteiger partial charge on any atom is -0.329 e. The molecule has 0 fully saturated rings. The van der Waals surface area contributed by atoms with Gasteiger partial charge in [0.2, 0.25) is 5.82 Å². The fraction of sp³-hybridized carbons (Fsp3) is 0.231. The van der Waals surface area contributed by atoms with Gasteiger partial charge in [0.1, 0.15) is 5.69 Å². The molecule has 0 aliphatic heterocycles. The lowest BCUT2D eigenvalue weighted by molar-refractivity contribution is -0.159. The molecule has 0 bridgehead atoms. The van der Waals surface area contributed by atoms with Gasteiger partial charge in [-0.25, -0.2) is 4.79 Å². The minimum absolute atomic E-state index is 0.243. The summed E-state index contributed by atoms with van der Waals surface area (Å²) in [7, 11) is 3.08. The summed E-state index contributed by atoms with van der Waals surface area (Å²) >= 11 is 0. The van der Waals surface area contributed by atoms with Gasteiger partial charge in [0.25, 0.3) is 0 Å². The number of carbonyl (C=O) groups is 1. The molecule has 0 aliphatic rings. The van der Waals surface area contributed by atoms with Crippen molar-refractivity contribution in [2.24, 2.45) is 0 Å². The van der Waals surface area contributed by atoms with Gasteiger partial charge in [-0.2, -0.15) is 23.3 Å².